The summed E-state index contributed by atoms with van der Waals surface area (Å²) in [6, 6.07) is 26.1. The molecule has 0 saturated carbocycles. The SMILES string of the molecule is CCCCC1(CCCC)C2=C([N-]C(c3[c-]c(N(c4ccccc4)C4C=CC=C[N-]4)ccc3)C=C2)c2c(O)cccc21.[Pt]. The maximum Gasteiger partial charge on any atom is 0.121 e. The van der Waals surface area contributed by atoms with Crippen LogP contribution in [0.1, 0.15) is 75.1 Å². The van der Waals surface area contributed by atoms with Gasteiger partial charge in [-0.1, -0.05) is 118 Å². The van der Waals surface area contributed by atoms with E-state index in [2.05, 4.69) is 91.6 Å². The number of unbranched alkanes of at least 4 members (excludes halogenated alkanes) is 2. The number of rotatable bonds is 10. The molecule has 2 aliphatic heterocycles. The predicted octanol–water partition coefficient (Wildman–Crippen LogP) is 10.1. The van der Waals surface area contributed by atoms with Crippen LogP contribution in [0.25, 0.3) is 16.3 Å². The summed E-state index contributed by atoms with van der Waals surface area (Å²) in [5.74, 6) is 0.328. The van der Waals surface area contributed by atoms with E-state index in [0.29, 0.717) is 5.75 Å². The van der Waals surface area contributed by atoms with Crippen LogP contribution in [0.4, 0.5) is 11.4 Å². The molecule has 0 amide bonds. The largest absolute Gasteiger partial charge is 0.676 e. The van der Waals surface area contributed by atoms with Crippen LogP contribution in [-0.4, -0.2) is 11.3 Å². The topological polar surface area (TPSA) is 51.7 Å². The van der Waals surface area contributed by atoms with Crippen molar-refractivity contribution in [3.63, 3.8) is 0 Å². The smallest absolute Gasteiger partial charge is 0.121 e. The molecule has 0 radical (unpaired) electrons. The molecule has 3 aromatic carbocycles. The zero-order valence-electron chi connectivity index (χ0n) is 24.3. The molecule has 1 aliphatic carbocycles. The van der Waals surface area contributed by atoms with Crippen molar-refractivity contribution in [1.29, 1.82) is 0 Å². The maximum absolute atomic E-state index is 11.1. The molecular formula is C37H38N3OPt-3. The first-order valence-corrected chi connectivity index (χ1v) is 15.0. The molecule has 42 heavy (non-hydrogen) atoms. The second kappa shape index (κ2) is 13.2. The van der Waals surface area contributed by atoms with Crippen molar-refractivity contribution in [2.45, 2.75) is 70.0 Å². The van der Waals surface area contributed by atoms with Crippen LogP contribution in [0.3, 0.4) is 0 Å². The Balaban J connectivity index is 0.00000353. The quantitative estimate of drug-likeness (QED) is 0.211. The molecule has 2 unspecified atom stereocenters. The molecule has 0 saturated heterocycles. The van der Waals surface area contributed by atoms with Gasteiger partial charge in [-0.05, 0) is 42.8 Å². The molecule has 2 atom stereocenters. The Morgan fingerprint density at radius 3 is 2.36 bits per heavy atom. The first-order valence-electron chi connectivity index (χ1n) is 15.0. The van der Waals surface area contributed by atoms with Crippen LogP contribution in [0, 0.1) is 6.07 Å². The standard InChI is InChI=1S/C37H38N3O.Pt/c1-3-5-23-37(24-6-4-2)30-18-13-19-33(41)35(30)36-31(37)21-22-32(39-36)27-14-12-17-29(26-27)40(28-15-8-7-9-16-28)34-20-10-11-25-38-34;/h7-22,25,32,34,41H,3-6,23-24H2,1-2H3;/q-3;. The maximum atomic E-state index is 11.1. The van der Waals surface area contributed by atoms with Gasteiger partial charge in [-0.3, -0.25) is 0 Å². The predicted molar refractivity (Wildman–Crippen MR) is 170 cm³/mol. The second-order valence-corrected chi connectivity index (χ2v) is 11.2. The van der Waals surface area contributed by atoms with Crippen molar-refractivity contribution in [1.82, 2.24) is 0 Å². The fraction of sp³-hybridized carbons (Fsp3) is 0.297. The van der Waals surface area contributed by atoms with Crippen molar-refractivity contribution in [3.8, 4) is 5.75 Å². The van der Waals surface area contributed by atoms with Crippen LogP contribution in [0.15, 0.2) is 109 Å². The molecule has 5 heteroatoms. The van der Waals surface area contributed by atoms with Gasteiger partial charge in [-0.2, -0.15) is 30.0 Å². The minimum absolute atomic E-state index is 0. The molecule has 0 fully saturated rings. The van der Waals surface area contributed by atoms with E-state index in [1.165, 1.54) is 11.1 Å². The van der Waals surface area contributed by atoms with E-state index in [1.54, 1.807) is 0 Å². The number of phenolic OH excluding ortho intramolecular Hbond substituents is 1. The molecule has 0 aromatic heterocycles. The van der Waals surface area contributed by atoms with Gasteiger partial charge >= 0.3 is 0 Å². The third kappa shape index (κ3) is 5.50. The van der Waals surface area contributed by atoms with Crippen molar-refractivity contribution in [3.05, 3.63) is 142 Å². The van der Waals surface area contributed by atoms with Gasteiger partial charge in [-0.25, -0.2) is 0 Å². The fourth-order valence-electron chi connectivity index (χ4n) is 6.59. The molecule has 3 aromatic rings. The average Bonchev–Trinajstić information content (AvgIpc) is 3.30. The zero-order valence-corrected chi connectivity index (χ0v) is 26.6. The van der Waals surface area contributed by atoms with Crippen molar-refractivity contribution in [2.75, 3.05) is 4.90 Å². The van der Waals surface area contributed by atoms with Gasteiger partial charge in [-0.15, -0.1) is 11.8 Å². The molecule has 3 aliphatic rings. The average molecular weight is 736 g/mol. The molecule has 4 nitrogen and oxygen atoms in total. The number of phenols is 1. The van der Waals surface area contributed by atoms with Gasteiger partial charge in [0.2, 0.25) is 0 Å². The van der Waals surface area contributed by atoms with Gasteiger partial charge in [0.05, 0.1) is 0 Å². The Morgan fingerprint density at radius 1 is 0.881 bits per heavy atom. The first kappa shape index (κ1) is 30.0. The molecule has 220 valence electrons. The zero-order chi connectivity index (χ0) is 28.2. The van der Waals surface area contributed by atoms with Gasteiger partial charge in [0.25, 0.3) is 0 Å². The van der Waals surface area contributed by atoms with E-state index in [4.69, 9.17) is 10.6 Å². The van der Waals surface area contributed by atoms with Crippen LogP contribution in [-0.2, 0) is 26.5 Å². The molecule has 0 spiro atoms. The van der Waals surface area contributed by atoms with Crippen LogP contribution in [0.5, 0.6) is 5.75 Å². The summed E-state index contributed by atoms with van der Waals surface area (Å²) in [6.45, 7) is 4.51. The van der Waals surface area contributed by atoms with E-state index in [9.17, 15) is 5.11 Å². The monoisotopic (exact) mass is 735 g/mol. The summed E-state index contributed by atoms with van der Waals surface area (Å²) in [6.07, 6.45) is 19.0. The van der Waals surface area contributed by atoms with E-state index in [0.717, 1.165) is 66.7 Å². The van der Waals surface area contributed by atoms with E-state index < -0.39 is 0 Å². The Morgan fingerprint density at radius 2 is 1.64 bits per heavy atom. The summed E-state index contributed by atoms with van der Waals surface area (Å²) < 4.78 is 0. The normalized spacial score (nSPS) is 19.4. The van der Waals surface area contributed by atoms with E-state index in [1.807, 2.05) is 36.6 Å². The minimum Gasteiger partial charge on any atom is -0.676 e. The molecule has 1 N–H and O–H groups in total. The van der Waals surface area contributed by atoms with Crippen molar-refractivity contribution in [2.24, 2.45) is 0 Å². The Labute approximate surface area is 265 Å². The molecule has 6 rings (SSSR count). The number of hydrogen-bond acceptors (Lipinski definition) is 2. The number of aromatic hydroxyl groups is 1. The number of para-hydroxylation sites is 1. The number of anilines is 2. The summed E-state index contributed by atoms with van der Waals surface area (Å²) in [5.41, 5.74) is 7.28. The Kier molecular flexibility index (Phi) is 9.43. The third-order valence-electron chi connectivity index (χ3n) is 8.59. The minimum atomic E-state index is -0.189. The van der Waals surface area contributed by atoms with E-state index in [-0.39, 0.29) is 38.7 Å². The molecular weight excluding hydrogens is 698 g/mol. The summed E-state index contributed by atoms with van der Waals surface area (Å²) in [5, 5.41) is 21.2. The van der Waals surface area contributed by atoms with E-state index >= 15 is 0 Å². The number of hydrogen-bond donors (Lipinski definition) is 1. The number of benzene rings is 3. The third-order valence-corrected chi connectivity index (χ3v) is 8.59. The summed E-state index contributed by atoms with van der Waals surface area (Å²) in [7, 11) is 0. The fourth-order valence-corrected chi connectivity index (χ4v) is 6.59. The Bertz CT molecular complexity index is 1500. The van der Waals surface area contributed by atoms with Crippen molar-refractivity contribution < 1.29 is 26.2 Å². The summed E-state index contributed by atoms with van der Waals surface area (Å²) >= 11 is 0. The van der Waals surface area contributed by atoms with Crippen LogP contribution >= 0.6 is 0 Å². The number of nitrogens with zero attached hydrogens (tertiary/aromatic N) is 3. The van der Waals surface area contributed by atoms with Crippen molar-refractivity contribution >= 4 is 17.1 Å². The van der Waals surface area contributed by atoms with Gasteiger partial charge < -0.3 is 20.6 Å². The summed E-state index contributed by atoms with van der Waals surface area (Å²) in [4.78, 5) is 2.21. The first-order chi connectivity index (χ1) is 20.2. The number of allylic oxidation sites excluding steroid dienone is 4. The Hall–Kier alpha value is -3.49. The van der Waals surface area contributed by atoms with Gasteiger partial charge in [0, 0.05) is 37.7 Å². The number of fused-ring (bicyclic) bond motifs is 2. The van der Waals surface area contributed by atoms with Crippen LogP contribution < -0.4 is 4.90 Å². The van der Waals surface area contributed by atoms with Crippen LogP contribution in [0.2, 0.25) is 0 Å². The van der Waals surface area contributed by atoms with Gasteiger partial charge in [0.1, 0.15) is 5.75 Å². The molecule has 2 heterocycles. The molecule has 0 bridgehead atoms. The van der Waals surface area contributed by atoms with Gasteiger partial charge in [0.15, 0.2) is 0 Å². The second-order valence-electron chi connectivity index (χ2n) is 11.2.